The van der Waals surface area contributed by atoms with Gasteiger partial charge in [-0.2, -0.15) is 13.5 Å². The zero-order valence-corrected chi connectivity index (χ0v) is 20.7. The minimum atomic E-state index is -3.00. The van der Waals surface area contributed by atoms with Crippen LogP contribution < -0.4 is 14.2 Å². The van der Waals surface area contributed by atoms with Gasteiger partial charge in [0.15, 0.2) is 28.9 Å². The van der Waals surface area contributed by atoms with Gasteiger partial charge in [0.05, 0.1) is 6.61 Å². The van der Waals surface area contributed by atoms with Crippen LogP contribution in [-0.2, 0) is 11.2 Å². The van der Waals surface area contributed by atoms with Crippen LogP contribution in [0, 0.1) is 11.1 Å². The Morgan fingerprint density at radius 3 is 2.37 bits per heavy atom. The summed E-state index contributed by atoms with van der Waals surface area (Å²) in [5.74, 6) is 0.505. The van der Waals surface area contributed by atoms with Gasteiger partial charge in [0.1, 0.15) is 16.1 Å². The van der Waals surface area contributed by atoms with Gasteiger partial charge in [-0.3, -0.25) is 0 Å². The van der Waals surface area contributed by atoms with Crippen molar-refractivity contribution in [2.24, 2.45) is 5.92 Å². The molecule has 0 spiro atoms. The minimum absolute atomic E-state index is 0.0723. The largest absolute Gasteiger partial charge is 0.619 e. The maximum atomic E-state index is 13.0. The van der Waals surface area contributed by atoms with E-state index in [-0.39, 0.29) is 33.0 Å². The maximum absolute atomic E-state index is 13.0. The smallest absolute Gasteiger partial charge is 0.387 e. The van der Waals surface area contributed by atoms with Crippen LogP contribution in [0.1, 0.15) is 35.6 Å². The molecule has 1 heterocycles. The standard InChI is InChI=1S/C25H21Cl2F2NO4S/c26-19-12-30(31)13-20(27)18(19)11-22(33-24(35)16-4-2-1-3-5-16)17-8-9-21(34-25(28)29)23(10-17)32-14-15-6-7-15/h1-5,8-10,12-13,15,22,25H,6-7,11,14H2/t22-/m0/s1. The molecule has 3 aromatic rings. The summed E-state index contributed by atoms with van der Waals surface area (Å²) in [4.78, 5) is 0. The molecule has 0 aliphatic heterocycles. The Morgan fingerprint density at radius 1 is 1.06 bits per heavy atom. The quantitative estimate of drug-likeness (QED) is 0.163. The lowest BCUT2D eigenvalue weighted by Gasteiger charge is -2.22. The maximum Gasteiger partial charge on any atom is 0.387 e. The number of aromatic nitrogens is 1. The summed E-state index contributed by atoms with van der Waals surface area (Å²) < 4.78 is 43.1. The van der Waals surface area contributed by atoms with Gasteiger partial charge in [0, 0.05) is 17.5 Å². The highest BCUT2D eigenvalue weighted by molar-refractivity contribution is 7.80. The van der Waals surface area contributed by atoms with Gasteiger partial charge < -0.3 is 19.4 Å². The topological polar surface area (TPSA) is 54.6 Å². The van der Waals surface area contributed by atoms with E-state index in [1.165, 1.54) is 18.5 Å². The fourth-order valence-electron chi connectivity index (χ4n) is 3.43. The van der Waals surface area contributed by atoms with Gasteiger partial charge >= 0.3 is 6.61 Å². The zero-order chi connectivity index (χ0) is 24.9. The average Bonchev–Trinajstić information content (AvgIpc) is 3.64. The van der Waals surface area contributed by atoms with E-state index in [9.17, 15) is 14.0 Å². The van der Waals surface area contributed by atoms with Crippen molar-refractivity contribution >= 4 is 40.5 Å². The Morgan fingerprint density at radius 2 is 1.74 bits per heavy atom. The Bertz CT molecular complexity index is 1170. The molecule has 1 atom stereocenters. The Hall–Kier alpha value is -2.68. The highest BCUT2D eigenvalue weighted by Gasteiger charge is 2.26. The predicted octanol–water partition coefficient (Wildman–Crippen LogP) is 6.69. The number of alkyl halides is 2. The number of ether oxygens (including phenoxy) is 3. The lowest BCUT2D eigenvalue weighted by Crippen LogP contribution is -2.25. The van der Waals surface area contributed by atoms with Crippen LogP contribution in [0.2, 0.25) is 10.0 Å². The van der Waals surface area contributed by atoms with E-state index in [0.29, 0.717) is 33.9 Å². The number of halogens is 4. The zero-order valence-electron chi connectivity index (χ0n) is 18.3. The first-order valence-electron chi connectivity index (χ1n) is 10.8. The molecule has 0 bridgehead atoms. The van der Waals surface area contributed by atoms with Gasteiger partial charge in [-0.15, -0.1) is 0 Å². The van der Waals surface area contributed by atoms with Crippen molar-refractivity contribution in [3.05, 3.63) is 92.9 Å². The van der Waals surface area contributed by atoms with Gasteiger partial charge in [-0.25, -0.2) is 0 Å². The fourth-order valence-corrected chi connectivity index (χ4v) is 4.28. The van der Waals surface area contributed by atoms with Crippen molar-refractivity contribution in [1.29, 1.82) is 0 Å². The number of thiocarbonyl (C=S) groups is 1. The van der Waals surface area contributed by atoms with E-state index in [0.717, 1.165) is 12.8 Å². The molecule has 0 radical (unpaired) electrons. The van der Waals surface area contributed by atoms with Crippen molar-refractivity contribution in [2.75, 3.05) is 6.61 Å². The first-order chi connectivity index (χ1) is 16.8. The Kier molecular flexibility index (Phi) is 8.26. The van der Waals surface area contributed by atoms with Crippen molar-refractivity contribution < 1.29 is 27.7 Å². The number of hydrogen-bond donors (Lipinski definition) is 0. The van der Waals surface area contributed by atoms with Gasteiger partial charge in [0.2, 0.25) is 0 Å². The minimum Gasteiger partial charge on any atom is -0.619 e. The lowest BCUT2D eigenvalue weighted by atomic mass is 10.0. The first-order valence-corrected chi connectivity index (χ1v) is 12.0. The van der Waals surface area contributed by atoms with E-state index < -0.39 is 12.7 Å². The Balaban J connectivity index is 1.68. The molecular formula is C25H21Cl2F2NO4S. The highest BCUT2D eigenvalue weighted by Crippen LogP contribution is 2.38. The summed E-state index contributed by atoms with van der Waals surface area (Å²) in [6, 6.07) is 13.7. The molecule has 184 valence electrons. The van der Waals surface area contributed by atoms with Gasteiger partial charge in [-0.1, -0.05) is 59.6 Å². The molecule has 1 aliphatic rings. The molecule has 0 amide bonds. The average molecular weight is 540 g/mol. The highest BCUT2D eigenvalue weighted by atomic mass is 35.5. The normalized spacial score (nSPS) is 14.0. The summed E-state index contributed by atoms with van der Waals surface area (Å²) in [6.07, 6.45) is 3.89. The summed E-state index contributed by atoms with van der Waals surface area (Å²) in [5.41, 5.74) is 1.76. The number of nitrogens with zero attached hydrogens (tertiary/aromatic N) is 1. The summed E-state index contributed by atoms with van der Waals surface area (Å²) in [7, 11) is 0. The molecule has 0 saturated heterocycles. The second-order valence-electron chi connectivity index (χ2n) is 8.10. The van der Waals surface area contributed by atoms with Gasteiger partial charge in [-0.05, 0) is 48.7 Å². The molecule has 1 aliphatic carbocycles. The molecule has 0 N–H and O–H groups in total. The monoisotopic (exact) mass is 539 g/mol. The number of benzene rings is 2. The van der Waals surface area contributed by atoms with Crippen molar-refractivity contribution in [3.8, 4) is 11.5 Å². The third-order valence-corrected chi connectivity index (χ3v) is 6.42. The molecular weight excluding hydrogens is 519 g/mol. The second kappa shape index (κ2) is 11.4. The molecule has 1 aromatic heterocycles. The van der Waals surface area contributed by atoms with Crippen LogP contribution in [0.4, 0.5) is 8.78 Å². The van der Waals surface area contributed by atoms with Crippen LogP contribution in [-0.4, -0.2) is 18.3 Å². The van der Waals surface area contributed by atoms with Gasteiger partial charge in [0.25, 0.3) is 0 Å². The van der Waals surface area contributed by atoms with Crippen LogP contribution in [0.3, 0.4) is 0 Å². The number of pyridine rings is 1. The van der Waals surface area contributed by atoms with Crippen LogP contribution in [0.15, 0.2) is 60.9 Å². The summed E-state index contributed by atoms with van der Waals surface area (Å²) >= 11 is 18.1. The lowest BCUT2D eigenvalue weighted by molar-refractivity contribution is -0.605. The van der Waals surface area contributed by atoms with Crippen LogP contribution in [0.5, 0.6) is 11.5 Å². The van der Waals surface area contributed by atoms with Crippen molar-refractivity contribution in [3.63, 3.8) is 0 Å². The molecule has 2 aromatic carbocycles. The van der Waals surface area contributed by atoms with Crippen molar-refractivity contribution in [2.45, 2.75) is 32.0 Å². The van der Waals surface area contributed by atoms with Crippen LogP contribution in [0.25, 0.3) is 0 Å². The summed E-state index contributed by atoms with van der Waals surface area (Å²) in [5, 5.41) is 12.2. The molecule has 0 unspecified atom stereocenters. The molecule has 1 fully saturated rings. The number of hydrogen-bond acceptors (Lipinski definition) is 5. The molecule has 10 heteroatoms. The van der Waals surface area contributed by atoms with Crippen molar-refractivity contribution in [1.82, 2.24) is 0 Å². The Labute approximate surface area is 216 Å². The SMILES string of the molecule is [O-][n+]1cc(Cl)c(C[C@H](OC(=S)c2ccccc2)c2ccc(OC(F)F)c(OCC3CC3)c2)c(Cl)c1. The third kappa shape index (κ3) is 6.93. The van der Waals surface area contributed by atoms with E-state index in [4.69, 9.17) is 44.9 Å². The number of rotatable bonds is 10. The summed E-state index contributed by atoms with van der Waals surface area (Å²) in [6.45, 7) is -2.60. The first kappa shape index (κ1) is 25.4. The van der Waals surface area contributed by atoms with E-state index in [1.807, 2.05) is 30.3 Å². The third-order valence-electron chi connectivity index (χ3n) is 5.43. The molecule has 5 nitrogen and oxygen atoms in total. The molecule has 4 rings (SSSR count). The molecule has 1 saturated carbocycles. The second-order valence-corrected chi connectivity index (χ2v) is 9.28. The predicted molar refractivity (Wildman–Crippen MR) is 132 cm³/mol. The van der Waals surface area contributed by atoms with E-state index in [2.05, 4.69) is 4.74 Å². The van der Waals surface area contributed by atoms with E-state index >= 15 is 0 Å². The molecule has 35 heavy (non-hydrogen) atoms. The van der Waals surface area contributed by atoms with E-state index in [1.54, 1.807) is 12.1 Å². The fraction of sp³-hybridized carbons (Fsp3) is 0.280. The van der Waals surface area contributed by atoms with Crippen LogP contribution >= 0.6 is 35.4 Å².